The standard InChI is InChI=1S/C27H23FN2/c28-23-8-4-7-20(15-23)11-12-22-17-25-24-16-21(10-9-19-5-2-1-3-6-19)13-14-26(24)30-27(25)29-18-22/h1-6,8-10,12-16,18,20,30H,7,11,17H2/b10-9+,22-12-. The van der Waals surface area contributed by atoms with Gasteiger partial charge in [-0.2, -0.15) is 0 Å². The zero-order valence-corrected chi connectivity index (χ0v) is 16.7. The van der Waals surface area contributed by atoms with Gasteiger partial charge in [-0.15, -0.1) is 0 Å². The summed E-state index contributed by atoms with van der Waals surface area (Å²) in [5, 5.41) is 1.22. The van der Waals surface area contributed by atoms with Crippen LogP contribution in [0.15, 0.2) is 89.2 Å². The molecule has 2 aromatic carbocycles. The fraction of sp³-hybridized carbons (Fsp3) is 0.148. The first-order valence-electron chi connectivity index (χ1n) is 10.4. The lowest BCUT2D eigenvalue weighted by molar-refractivity contribution is 0.593. The second-order valence-corrected chi connectivity index (χ2v) is 7.90. The summed E-state index contributed by atoms with van der Waals surface area (Å²) < 4.78 is 13.5. The zero-order valence-electron chi connectivity index (χ0n) is 16.7. The van der Waals surface area contributed by atoms with Crippen molar-refractivity contribution < 1.29 is 4.39 Å². The zero-order chi connectivity index (χ0) is 20.3. The first-order chi connectivity index (χ1) is 14.7. The number of benzene rings is 2. The van der Waals surface area contributed by atoms with Crippen molar-refractivity contribution in [3.63, 3.8) is 0 Å². The topological polar surface area (TPSA) is 28.1 Å². The number of allylic oxidation sites excluding steroid dienone is 6. The van der Waals surface area contributed by atoms with Crippen LogP contribution in [-0.2, 0) is 6.42 Å². The second-order valence-electron chi connectivity index (χ2n) is 7.90. The first-order valence-corrected chi connectivity index (χ1v) is 10.4. The van der Waals surface area contributed by atoms with Gasteiger partial charge in [0, 0.05) is 29.1 Å². The molecular formula is C27H23FN2. The monoisotopic (exact) mass is 394 g/mol. The summed E-state index contributed by atoms with van der Waals surface area (Å²) in [6.45, 7) is 0. The van der Waals surface area contributed by atoms with Gasteiger partial charge in [0.15, 0.2) is 0 Å². The van der Waals surface area contributed by atoms with Crippen LogP contribution in [0.1, 0.15) is 29.5 Å². The van der Waals surface area contributed by atoms with Crippen molar-refractivity contribution in [3.05, 3.63) is 101 Å². The third kappa shape index (κ3) is 3.97. The van der Waals surface area contributed by atoms with Crippen LogP contribution in [-0.4, -0.2) is 11.2 Å². The normalized spacial score (nSPS) is 19.6. The molecule has 148 valence electrons. The summed E-state index contributed by atoms with van der Waals surface area (Å²) in [5.41, 5.74) is 5.89. The molecule has 3 aromatic rings. The summed E-state index contributed by atoms with van der Waals surface area (Å²) in [4.78, 5) is 8.07. The maximum Gasteiger partial charge on any atom is 0.134 e. The average Bonchev–Trinajstić information content (AvgIpc) is 3.14. The van der Waals surface area contributed by atoms with Gasteiger partial charge in [0.2, 0.25) is 0 Å². The third-order valence-electron chi connectivity index (χ3n) is 5.71. The van der Waals surface area contributed by atoms with E-state index in [1.165, 1.54) is 27.6 Å². The van der Waals surface area contributed by atoms with Crippen LogP contribution in [0.2, 0.25) is 0 Å². The molecule has 1 aromatic heterocycles. The summed E-state index contributed by atoms with van der Waals surface area (Å²) in [5.74, 6) is 1.05. The molecule has 5 rings (SSSR count). The van der Waals surface area contributed by atoms with Crippen LogP contribution in [0.5, 0.6) is 0 Å². The van der Waals surface area contributed by atoms with E-state index in [1.807, 2.05) is 30.5 Å². The molecule has 1 N–H and O–H groups in total. The molecule has 1 aliphatic heterocycles. The minimum Gasteiger partial charge on any atom is -0.339 e. The van der Waals surface area contributed by atoms with Crippen molar-refractivity contribution in [1.82, 2.24) is 4.98 Å². The number of rotatable bonds is 4. The van der Waals surface area contributed by atoms with E-state index in [0.29, 0.717) is 0 Å². The number of aromatic nitrogens is 1. The third-order valence-corrected chi connectivity index (χ3v) is 5.71. The Labute approximate surface area is 175 Å². The minimum atomic E-state index is -0.128. The predicted molar refractivity (Wildman–Crippen MR) is 125 cm³/mol. The molecule has 2 nitrogen and oxygen atoms in total. The SMILES string of the molecule is FC1=CC(C/C=C2\C=Nc3[nH]c4ccc(/C=C/c5ccccc5)cc4c3C2)CC=C1. The summed E-state index contributed by atoms with van der Waals surface area (Å²) in [6, 6.07) is 16.8. The Morgan fingerprint density at radius 3 is 2.80 bits per heavy atom. The van der Waals surface area contributed by atoms with Crippen LogP contribution in [0.3, 0.4) is 0 Å². The molecule has 0 radical (unpaired) electrons. The molecule has 2 heterocycles. The summed E-state index contributed by atoms with van der Waals surface area (Å²) in [6.07, 6.45) is 16.2. The van der Waals surface area contributed by atoms with Crippen LogP contribution < -0.4 is 0 Å². The Hall–Kier alpha value is -3.46. The molecule has 30 heavy (non-hydrogen) atoms. The Kier molecular flexibility index (Phi) is 5.02. The number of nitrogens with one attached hydrogen (secondary N) is 1. The molecule has 0 amide bonds. The molecule has 1 aliphatic carbocycles. The number of fused-ring (bicyclic) bond motifs is 3. The van der Waals surface area contributed by atoms with E-state index in [0.717, 1.165) is 30.6 Å². The van der Waals surface area contributed by atoms with Gasteiger partial charge in [-0.25, -0.2) is 9.38 Å². The van der Waals surface area contributed by atoms with Gasteiger partial charge in [-0.05, 0) is 59.7 Å². The molecular weight excluding hydrogens is 371 g/mol. The van der Waals surface area contributed by atoms with Crippen LogP contribution >= 0.6 is 0 Å². The molecule has 0 spiro atoms. The largest absolute Gasteiger partial charge is 0.339 e. The van der Waals surface area contributed by atoms with Crippen LogP contribution in [0.25, 0.3) is 23.1 Å². The first kappa shape index (κ1) is 18.6. The van der Waals surface area contributed by atoms with Gasteiger partial charge >= 0.3 is 0 Å². The highest BCUT2D eigenvalue weighted by molar-refractivity contribution is 5.95. The number of hydrogen-bond acceptors (Lipinski definition) is 1. The maximum absolute atomic E-state index is 13.5. The summed E-state index contributed by atoms with van der Waals surface area (Å²) >= 11 is 0. The number of aromatic amines is 1. The van der Waals surface area contributed by atoms with Gasteiger partial charge < -0.3 is 4.98 Å². The number of H-pyrrole nitrogens is 1. The number of nitrogens with zero attached hydrogens (tertiary/aromatic N) is 1. The van der Waals surface area contributed by atoms with Crippen molar-refractivity contribution in [3.8, 4) is 0 Å². The Balaban J connectivity index is 1.38. The van der Waals surface area contributed by atoms with Gasteiger partial charge in [0.1, 0.15) is 11.6 Å². The van der Waals surface area contributed by atoms with E-state index >= 15 is 0 Å². The number of hydrogen-bond donors (Lipinski definition) is 1. The van der Waals surface area contributed by atoms with E-state index in [1.54, 1.807) is 12.2 Å². The summed E-state index contributed by atoms with van der Waals surface area (Å²) in [7, 11) is 0. The highest BCUT2D eigenvalue weighted by atomic mass is 19.1. The molecule has 0 bridgehead atoms. The lowest BCUT2D eigenvalue weighted by Crippen LogP contribution is -2.01. The quantitative estimate of drug-likeness (QED) is 0.448. The second kappa shape index (κ2) is 8.11. The van der Waals surface area contributed by atoms with Gasteiger partial charge in [0.25, 0.3) is 0 Å². The highest BCUT2D eigenvalue weighted by Gasteiger charge is 2.16. The van der Waals surface area contributed by atoms with Crippen molar-refractivity contribution in [1.29, 1.82) is 0 Å². The van der Waals surface area contributed by atoms with E-state index in [4.69, 9.17) is 0 Å². The van der Waals surface area contributed by atoms with Gasteiger partial charge in [-0.3, -0.25) is 0 Å². The average molecular weight is 394 g/mol. The van der Waals surface area contributed by atoms with Crippen LogP contribution in [0.4, 0.5) is 10.2 Å². The number of halogens is 1. The molecule has 0 saturated carbocycles. The van der Waals surface area contributed by atoms with E-state index in [9.17, 15) is 4.39 Å². The van der Waals surface area contributed by atoms with Crippen molar-refractivity contribution in [2.75, 3.05) is 0 Å². The molecule has 0 fully saturated rings. The highest BCUT2D eigenvalue weighted by Crippen LogP contribution is 2.34. The molecule has 1 atom stereocenters. The lowest BCUT2D eigenvalue weighted by atomic mass is 9.94. The Morgan fingerprint density at radius 1 is 1.07 bits per heavy atom. The van der Waals surface area contributed by atoms with Gasteiger partial charge in [0.05, 0.1) is 0 Å². The smallest absolute Gasteiger partial charge is 0.134 e. The van der Waals surface area contributed by atoms with Crippen molar-refractivity contribution in [2.45, 2.75) is 19.3 Å². The maximum atomic E-state index is 13.5. The van der Waals surface area contributed by atoms with E-state index in [2.05, 4.69) is 58.5 Å². The molecule has 1 unspecified atom stereocenters. The molecule has 0 saturated heterocycles. The number of aliphatic imine (C=N–C) groups is 1. The van der Waals surface area contributed by atoms with Crippen LogP contribution in [0, 0.1) is 5.92 Å². The minimum absolute atomic E-state index is 0.128. The van der Waals surface area contributed by atoms with Gasteiger partial charge in [-0.1, -0.05) is 60.7 Å². The Bertz CT molecular complexity index is 1220. The predicted octanol–water partition coefficient (Wildman–Crippen LogP) is 7.34. The molecule has 3 heteroatoms. The Morgan fingerprint density at radius 2 is 1.93 bits per heavy atom. The fourth-order valence-electron chi connectivity index (χ4n) is 4.09. The fourth-order valence-corrected chi connectivity index (χ4v) is 4.09. The van der Waals surface area contributed by atoms with E-state index in [-0.39, 0.29) is 11.7 Å². The van der Waals surface area contributed by atoms with E-state index < -0.39 is 0 Å². The lowest BCUT2D eigenvalue weighted by Gasteiger charge is -2.13. The molecule has 2 aliphatic rings. The van der Waals surface area contributed by atoms with Crippen molar-refractivity contribution in [2.24, 2.45) is 10.9 Å². The van der Waals surface area contributed by atoms with Crippen molar-refractivity contribution >= 4 is 35.1 Å².